The number of rotatable bonds is 10. The molecule has 0 aliphatic rings. The molecule has 190 valence electrons. The normalized spacial score (nSPS) is 12.7. The van der Waals surface area contributed by atoms with E-state index in [1.54, 1.807) is 0 Å². The molecule has 0 rings (SSSR count). The Labute approximate surface area is 178 Å². The maximum atomic E-state index is 8.42. The van der Waals surface area contributed by atoms with Crippen molar-refractivity contribution in [3.05, 3.63) is 0 Å². The van der Waals surface area contributed by atoms with Crippen LogP contribution in [0.1, 0.15) is 40.0 Å². The summed E-state index contributed by atoms with van der Waals surface area (Å²) >= 11 is 0. The van der Waals surface area contributed by atoms with Crippen LogP contribution in [0.5, 0.6) is 0 Å². The summed E-state index contributed by atoms with van der Waals surface area (Å²) in [6, 6.07) is 0. The van der Waals surface area contributed by atoms with Crippen LogP contribution >= 0.6 is 0 Å². The fourth-order valence-electron chi connectivity index (χ4n) is 0.503. The lowest BCUT2D eigenvalue weighted by Crippen LogP contribution is -2.15. The molecule has 3 unspecified atom stereocenters. The van der Waals surface area contributed by atoms with Crippen molar-refractivity contribution in [1.82, 2.24) is 0 Å². The molecule has 0 spiro atoms. The van der Waals surface area contributed by atoms with E-state index in [-0.39, 0.29) is 46.2 Å². The van der Waals surface area contributed by atoms with Gasteiger partial charge in [-0.2, -0.15) is 0 Å². The summed E-state index contributed by atoms with van der Waals surface area (Å²) in [4.78, 5) is 0. The molecule has 0 saturated heterocycles. The smallest absolute Gasteiger partial charge is 0.100 e. The summed E-state index contributed by atoms with van der Waals surface area (Å²) in [5.74, 6) is 0. The third-order valence-corrected chi connectivity index (χ3v) is 2.89. The molecule has 0 aromatic heterocycles. The van der Waals surface area contributed by atoms with Crippen molar-refractivity contribution >= 4 is 0 Å². The van der Waals surface area contributed by atoms with Crippen LogP contribution in [0.2, 0.25) is 0 Å². The van der Waals surface area contributed by atoms with Gasteiger partial charge in [-0.25, -0.2) is 0 Å². The van der Waals surface area contributed by atoms with Gasteiger partial charge in [-0.1, -0.05) is 20.8 Å². The van der Waals surface area contributed by atoms with Gasteiger partial charge in [-0.3, -0.25) is 0 Å². The molecule has 0 aromatic rings. The van der Waals surface area contributed by atoms with Gasteiger partial charge in [-0.05, 0) is 19.3 Å². The molecule has 12 N–H and O–H groups in total. The molecule has 0 bridgehead atoms. The Balaban J connectivity index is -0.0000000868. The van der Waals surface area contributed by atoms with Crippen molar-refractivity contribution in [1.29, 1.82) is 0 Å². The first-order chi connectivity index (χ1) is 14.0. The Hall–Kier alpha value is -0.480. The van der Waals surface area contributed by atoms with E-state index in [0.29, 0.717) is 19.3 Å². The molecule has 0 radical (unpaired) electrons. The first kappa shape index (κ1) is 39.9. The lowest BCUT2D eigenvalue weighted by Gasteiger charge is -1.97. The van der Waals surface area contributed by atoms with E-state index < -0.39 is 30.5 Å². The highest BCUT2D eigenvalue weighted by Gasteiger charge is 1.95. The summed E-state index contributed by atoms with van der Waals surface area (Å²) in [6.45, 7) is 3.66. The Morgan fingerprint density at radius 1 is 0.333 bits per heavy atom. The molecule has 0 saturated carbocycles. The van der Waals surface area contributed by atoms with Crippen molar-refractivity contribution < 1.29 is 61.3 Å². The first-order valence-corrected chi connectivity index (χ1v) is 9.71. The molecule has 0 amide bonds. The van der Waals surface area contributed by atoms with Gasteiger partial charge in [0.15, 0.2) is 0 Å². The quantitative estimate of drug-likeness (QED) is 0.151. The monoisotopic (exact) mass is 454 g/mol. The lowest BCUT2D eigenvalue weighted by atomic mass is 10.3. The van der Waals surface area contributed by atoms with E-state index in [9.17, 15) is 0 Å². The van der Waals surface area contributed by atoms with E-state index in [2.05, 4.69) is 0 Å². The number of aliphatic hydroxyl groups excluding tert-OH is 12. The minimum atomic E-state index is -0.954. The van der Waals surface area contributed by atoms with Crippen LogP contribution in [0, 0.1) is 0 Å². The molecule has 3 atom stereocenters. The standard InChI is InChI=1S/3C4H10O2.2C3H8O3/c3*1-2-4(6)3-5;2*4-1-3(6)2-5/h3*4-6H,2-3H2,1H3;2*3-6H,1-2H2. The van der Waals surface area contributed by atoms with Crippen LogP contribution in [0.25, 0.3) is 0 Å². The summed E-state index contributed by atoms with van der Waals surface area (Å²) in [7, 11) is 0. The fraction of sp³-hybridized carbons (Fsp3) is 1.00. The molecule has 12 nitrogen and oxygen atoms in total. The van der Waals surface area contributed by atoms with E-state index in [1.807, 2.05) is 20.8 Å². The summed E-state index contributed by atoms with van der Waals surface area (Å²) < 4.78 is 0. The number of aliphatic hydroxyl groups is 12. The van der Waals surface area contributed by atoms with Crippen LogP contribution < -0.4 is 0 Å². The second-order valence-corrected chi connectivity index (χ2v) is 5.77. The molecule has 0 aliphatic carbocycles. The summed E-state index contributed by atoms with van der Waals surface area (Å²) in [6.07, 6.45) is -1.53. The van der Waals surface area contributed by atoms with E-state index >= 15 is 0 Å². The van der Waals surface area contributed by atoms with Crippen molar-refractivity contribution in [3.63, 3.8) is 0 Å². The average molecular weight is 455 g/mol. The van der Waals surface area contributed by atoms with Crippen molar-refractivity contribution in [2.24, 2.45) is 0 Å². The highest BCUT2D eigenvalue weighted by molar-refractivity contribution is 4.45. The van der Waals surface area contributed by atoms with Crippen LogP contribution in [0.4, 0.5) is 0 Å². The van der Waals surface area contributed by atoms with Crippen molar-refractivity contribution in [2.45, 2.75) is 70.6 Å². The van der Waals surface area contributed by atoms with Crippen molar-refractivity contribution in [2.75, 3.05) is 46.2 Å². The summed E-state index contributed by atoms with van der Waals surface area (Å²) in [5, 5.41) is 97.5. The van der Waals surface area contributed by atoms with Crippen LogP contribution in [-0.2, 0) is 0 Å². The second kappa shape index (κ2) is 35.9. The molecule has 0 fully saturated rings. The molecular weight excluding hydrogens is 408 g/mol. The maximum absolute atomic E-state index is 8.42. The Bertz CT molecular complexity index is 183. The van der Waals surface area contributed by atoms with Gasteiger partial charge in [0.2, 0.25) is 0 Å². The Kier molecular flexibility index (Phi) is 47.8. The molecule has 0 heterocycles. The van der Waals surface area contributed by atoms with Gasteiger partial charge in [0, 0.05) is 0 Å². The van der Waals surface area contributed by atoms with Gasteiger partial charge in [0.05, 0.1) is 64.6 Å². The zero-order chi connectivity index (χ0) is 25.0. The van der Waals surface area contributed by atoms with Gasteiger partial charge in [0.25, 0.3) is 0 Å². The fourth-order valence-corrected chi connectivity index (χ4v) is 0.503. The SMILES string of the molecule is CCC(O)CO.CCC(O)CO.CCC(O)CO.OCC(O)CO.OCC(O)CO. The molecular formula is C18H46O12. The minimum absolute atomic E-state index is 0.115. The van der Waals surface area contributed by atoms with Gasteiger partial charge < -0.3 is 61.3 Å². The first-order valence-electron chi connectivity index (χ1n) is 9.71. The van der Waals surface area contributed by atoms with Crippen LogP contribution in [0.3, 0.4) is 0 Å². The Morgan fingerprint density at radius 3 is 0.467 bits per heavy atom. The maximum Gasteiger partial charge on any atom is 0.100 e. The molecule has 12 heteroatoms. The third-order valence-electron chi connectivity index (χ3n) is 2.89. The predicted molar refractivity (Wildman–Crippen MR) is 111 cm³/mol. The van der Waals surface area contributed by atoms with E-state index in [1.165, 1.54) is 0 Å². The molecule has 0 aliphatic heterocycles. The minimum Gasteiger partial charge on any atom is -0.394 e. The highest BCUT2D eigenvalue weighted by Crippen LogP contribution is 1.84. The van der Waals surface area contributed by atoms with Gasteiger partial charge in [-0.15, -0.1) is 0 Å². The predicted octanol–water partition coefficient (Wildman–Crippen LogP) is -4.09. The molecule has 30 heavy (non-hydrogen) atoms. The van der Waals surface area contributed by atoms with Crippen LogP contribution in [-0.4, -0.2) is 138 Å². The highest BCUT2D eigenvalue weighted by atomic mass is 16.4. The summed E-state index contributed by atoms with van der Waals surface area (Å²) in [5.41, 5.74) is 0. The van der Waals surface area contributed by atoms with E-state index in [4.69, 9.17) is 61.3 Å². The Morgan fingerprint density at radius 2 is 0.467 bits per heavy atom. The van der Waals surface area contributed by atoms with Gasteiger partial charge >= 0.3 is 0 Å². The van der Waals surface area contributed by atoms with E-state index in [0.717, 1.165) is 0 Å². The third kappa shape index (κ3) is 50.8. The lowest BCUT2D eigenvalue weighted by molar-refractivity contribution is 0.0450. The largest absolute Gasteiger partial charge is 0.394 e. The average Bonchev–Trinajstić information content (AvgIpc) is 2.82. The number of hydrogen-bond donors (Lipinski definition) is 12. The molecule has 0 aromatic carbocycles. The number of hydrogen-bond acceptors (Lipinski definition) is 12. The zero-order valence-electron chi connectivity index (χ0n) is 18.3. The van der Waals surface area contributed by atoms with Crippen LogP contribution in [0.15, 0.2) is 0 Å². The topological polar surface area (TPSA) is 243 Å². The second-order valence-electron chi connectivity index (χ2n) is 5.77. The zero-order valence-corrected chi connectivity index (χ0v) is 18.3. The van der Waals surface area contributed by atoms with Crippen molar-refractivity contribution in [3.8, 4) is 0 Å². The van der Waals surface area contributed by atoms with Gasteiger partial charge in [0.1, 0.15) is 12.2 Å².